The molecule has 5 nitrogen and oxygen atoms in total. The minimum atomic E-state index is 0.125. The highest BCUT2D eigenvalue weighted by Gasteiger charge is 2.26. The summed E-state index contributed by atoms with van der Waals surface area (Å²) >= 11 is 0. The average Bonchev–Trinajstić information content (AvgIpc) is 2.69. The number of ether oxygens (including phenoxy) is 1. The maximum absolute atomic E-state index is 12.5. The summed E-state index contributed by atoms with van der Waals surface area (Å²) in [6, 6.07) is 0. The quantitative estimate of drug-likeness (QED) is 0.838. The number of aryl methyl sites for hydroxylation is 1. The zero-order valence-electron chi connectivity index (χ0n) is 15.4. The Morgan fingerprint density at radius 3 is 2.43 bits per heavy atom. The van der Waals surface area contributed by atoms with Crippen LogP contribution in [0.4, 0.5) is 0 Å². The van der Waals surface area contributed by atoms with E-state index in [9.17, 15) is 4.79 Å². The third kappa shape index (κ3) is 4.56. The molecule has 1 aliphatic heterocycles. The Balaban J connectivity index is 1.98. The van der Waals surface area contributed by atoms with Gasteiger partial charge in [-0.1, -0.05) is 13.8 Å². The molecule has 2 rings (SSSR count). The molecule has 0 aromatic carbocycles. The lowest BCUT2D eigenvalue weighted by molar-refractivity contribution is -0.143. The molecule has 5 heteroatoms. The van der Waals surface area contributed by atoms with Crippen LogP contribution in [0.5, 0.6) is 0 Å². The van der Waals surface area contributed by atoms with Gasteiger partial charge in [0.25, 0.3) is 0 Å². The van der Waals surface area contributed by atoms with Gasteiger partial charge in [0.15, 0.2) is 0 Å². The van der Waals surface area contributed by atoms with Crippen molar-refractivity contribution in [1.82, 2.24) is 14.7 Å². The van der Waals surface area contributed by atoms with Gasteiger partial charge in [-0.2, -0.15) is 5.10 Å². The third-order valence-corrected chi connectivity index (χ3v) is 4.43. The summed E-state index contributed by atoms with van der Waals surface area (Å²) in [5.74, 6) is 0.793. The van der Waals surface area contributed by atoms with E-state index in [4.69, 9.17) is 4.74 Å². The van der Waals surface area contributed by atoms with Crippen molar-refractivity contribution in [2.75, 3.05) is 13.1 Å². The van der Waals surface area contributed by atoms with Gasteiger partial charge in [0, 0.05) is 31.7 Å². The molecule has 0 bridgehead atoms. The van der Waals surface area contributed by atoms with Gasteiger partial charge >= 0.3 is 0 Å². The fourth-order valence-corrected chi connectivity index (χ4v) is 3.39. The monoisotopic (exact) mass is 321 g/mol. The lowest BCUT2D eigenvalue weighted by Gasteiger charge is -2.35. The van der Waals surface area contributed by atoms with Gasteiger partial charge in [0.1, 0.15) is 0 Å². The van der Waals surface area contributed by atoms with E-state index < -0.39 is 0 Å². The molecule has 1 aromatic rings. The first kappa shape index (κ1) is 18.0. The van der Waals surface area contributed by atoms with E-state index in [-0.39, 0.29) is 18.1 Å². The van der Waals surface area contributed by atoms with Crippen LogP contribution in [0.2, 0.25) is 0 Å². The molecule has 0 spiro atoms. The van der Waals surface area contributed by atoms with E-state index in [1.807, 2.05) is 25.7 Å². The van der Waals surface area contributed by atoms with Crippen molar-refractivity contribution in [3.63, 3.8) is 0 Å². The fraction of sp³-hybridized carbons (Fsp3) is 0.778. The van der Waals surface area contributed by atoms with Crippen molar-refractivity contribution in [2.45, 2.75) is 73.1 Å². The number of hydrogen-bond donors (Lipinski definition) is 0. The van der Waals surface area contributed by atoms with Crippen LogP contribution in [0.15, 0.2) is 0 Å². The maximum atomic E-state index is 12.5. The van der Waals surface area contributed by atoms with Crippen LogP contribution in [-0.2, 0) is 22.5 Å². The standard InChI is InChI=1S/C18H31N3O2/c1-12(2)9-21-16(6)17(15(5)19-21)7-8-18(22)20-10-13(3)23-14(4)11-20/h12-14H,7-11H2,1-6H3. The van der Waals surface area contributed by atoms with Gasteiger partial charge in [-0.25, -0.2) is 0 Å². The third-order valence-electron chi connectivity index (χ3n) is 4.43. The number of hydrogen-bond acceptors (Lipinski definition) is 3. The minimum Gasteiger partial charge on any atom is -0.372 e. The Bertz CT molecular complexity index is 541. The summed E-state index contributed by atoms with van der Waals surface area (Å²) in [7, 11) is 0. The molecule has 2 unspecified atom stereocenters. The van der Waals surface area contributed by atoms with E-state index in [0.29, 0.717) is 25.4 Å². The summed E-state index contributed by atoms with van der Waals surface area (Å²) in [5.41, 5.74) is 3.49. The molecule has 2 heterocycles. The normalized spacial score (nSPS) is 22.0. The fourth-order valence-electron chi connectivity index (χ4n) is 3.39. The Hall–Kier alpha value is -1.36. The van der Waals surface area contributed by atoms with E-state index in [0.717, 1.165) is 18.7 Å². The summed E-state index contributed by atoms with van der Waals surface area (Å²) in [5, 5.41) is 4.64. The molecule has 130 valence electrons. The number of amides is 1. The van der Waals surface area contributed by atoms with Crippen LogP contribution in [0.1, 0.15) is 51.1 Å². The van der Waals surface area contributed by atoms with Crippen LogP contribution >= 0.6 is 0 Å². The predicted octanol–water partition coefficient (Wildman–Crippen LogP) is 2.72. The second-order valence-corrected chi connectivity index (χ2v) is 7.28. The number of morpholine rings is 1. The number of rotatable bonds is 5. The molecule has 23 heavy (non-hydrogen) atoms. The van der Waals surface area contributed by atoms with Crippen molar-refractivity contribution < 1.29 is 9.53 Å². The molecule has 1 amide bonds. The first-order valence-electron chi connectivity index (χ1n) is 8.74. The van der Waals surface area contributed by atoms with Crippen molar-refractivity contribution in [2.24, 2.45) is 5.92 Å². The first-order valence-corrected chi connectivity index (χ1v) is 8.74. The van der Waals surface area contributed by atoms with E-state index in [2.05, 4.69) is 30.6 Å². The number of carbonyl (C=O) groups is 1. The Labute approximate surface area is 140 Å². The highest BCUT2D eigenvalue weighted by Crippen LogP contribution is 2.18. The second kappa shape index (κ2) is 7.47. The molecule has 2 atom stereocenters. The number of aromatic nitrogens is 2. The first-order chi connectivity index (χ1) is 10.8. The Morgan fingerprint density at radius 2 is 1.87 bits per heavy atom. The summed E-state index contributed by atoms with van der Waals surface area (Å²) in [4.78, 5) is 14.5. The molecule has 1 saturated heterocycles. The molecular weight excluding hydrogens is 290 g/mol. The van der Waals surface area contributed by atoms with Crippen molar-refractivity contribution in [3.05, 3.63) is 17.0 Å². The maximum Gasteiger partial charge on any atom is 0.223 e. The highest BCUT2D eigenvalue weighted by molar-refractivity contribution is 5.76. The molecule has 0 radical (unpaired) electrons. The predicted molar refractivity (Wildman–Crippen MR) is 91.4 cm³/mol. The molecule has 0 saturated carbocycles. The largest absolute Gasteiger partial charge is 0.372 e. The molecule has 1 aliphatic rings. The topological polar surface area (TPSA) is 47.4 Å². The second-order valence-electron chi connectivity index (χ2n) is 7.28. The van der Waals surface area contributed by atoms with Gasteiger partial charge in [-0.05, 0) is 45.6 Å². The van der Waals surface area contributed by atoms with Crippen molar-refractivity contribution in [1.29, 1.82) is 0 Å². The van der Waals surface area contributed by atoms with E-state index >= 15 is 0 Å². The molecular formula is C18H31N3O2. The van der Waals surface area contributed by atoms with Crippen molar-refractivity contribution in [3.8, 4) is 0 Å². The van der Waals surface area contributed by atoms with Crippen molar-refractivity contribution >= 4 is 5.91 Å². The Morgan fingerprint density at radius 1 is 1.26 bits per heavy atom. The van der Waals surface area contributed by atoms with Crippen LogP contribution in [-0.4, -0.2) is 45.9 Å². The lowest BCUT2D eigenvalue weighted by Crippen LogP contribution is -2.48. The summed E-state index contributed by atoms with van der Waals surface area (Å²) in [6.07, 6.45) is 1.57. The summed E-state index contributed by atoms with van der Waals surface area (Å²) < 4.78 is 7.78. The van der Waals surface area contributed by atoms with Crippen LogP contribution in [0.25, 0.3) is 0 Å². The zero-order chi connectivity index (χ0) is 17.1. The number of carbonyl (C=O) groups excluding carboxylic acids is 1. The highest BCUT2D eigenvalue weighted by atomic mass is 16.5. The molecule has 1 aromatic heterocycles. The molecule has 0 aliphatic carbocycles. The zero-order valence-corrected chi connectivity index (χ0v) is 15.4. The van der Waals surface area contributed by atoms with Gasteiger partial charge in [-0.3, -0.25) is 9.48 Å². The van der Waals surface area contributed by atoms with Crippen LogP contribution < -0.4 is 0 Å². The van der Waals surface area contributed by atoms with E-state index in [1.165, 1.54) is 11.3 Å². The van der Waals surface area contributed by atoms with Gasteiger partial charge in [-0.15, -0.1) is 0 Å². The van der Waals surface area contributed by atoms with Gasteiger partial charge < -0.3 is 9.64 Å². The Kier molecular flexibility index (Phi) is 5.84. The smallest absolute Gasteiger partial charge is 0.223 e. The number of nitrogens with zero attached hydrogens (tertiary/aromatic N) is 3. The molecule has 1 fully saturated rings. The molecule has 0 N–H and O–H groups in total. The van der Waals surface area contributed by atoms with Gasteiger partial charge in [0.2, 0.25) is 5.91 Å². The average molecular weight is 321 g/mol. The minimum absolute atomic E-state index is 0.125. The SMILES string of the molecule is Cc1nn(CC(C)C)c(C)c1CCC(=O)N1CC(C)OC(C)C1. The van der Waals surface area contributed by atoms with Crippen LogP contribution in [0.3, 0.4) is 0 Å². The van der Waals surface area contributed by atoms with Gasteiger partial charge in [0.05, 0.1) is 17.9 Å². The van der Waals surface area contributed by atoms with E-state index in [1.54, 1.807) is 0 Å². The summed E-state index contributed by atoms with van der Waals surface area (Å²) in [6.45, 7) is 14.9. The lowest BCUT2D eigenvalue weighted by atomic mass is 10.1. The van der Waals surface area contributed by atoms with Crippen LogP contribution in [0, 0.1) is 19.8 Å².